The van der Waals surface area contributed by atoms with Gasteiger partial charge in [-0.15, -0.1) is 0 Å². The van der Waals surface area contributed by atoms with Crippen molar-refractivity contribution in [1.29, 1.82) is 0 Å². The van der Waals surface area contributed by atoms with Gasteiger partial charge in [-0.25, -0.2) is 0 Å². The van der Waals surface area contributed by atoms with Crippen LogP contribution < -0.4 is 0 Å². The van der Waals surface area contributed by atoms with Crippen LogP contribution in [0.25, 0.3) is 0 Å². The minimum Gasteiger partial charge on any atom is -0.391 e. The molecule has 0 amide bonds. The number of aliphatic hydroxyl groups is 1. The zero-order valence-electron chi connectivity index (χ0n) is 10.9. The molecule has 2 bridgehead atoms. The zero-order valence-corrected chi connectivity index (χ0v) is 12.5. The van der Waals surface area contributed by atoms with Crippen molar-refractivity contribution in [2.75, 3.05) is 7.05 Å². The van der Waals surface area contributed by atoms with Gasteiger partial charge in [0.1, 0.15) is 0 Å². The van der Waals surface area contributed by atoms with Gasteiger partial charge in [-0.1, -0.05) is 28.1 Å². The van der Waals surface area contributed by atoms with E-state index in [9.17, 15) is 5.11 Å². The topological polar surface area (TPSA) is 23.5 Å². The van der Waals surface area contributed by atoms with Gasteiger partial charge in [0, 0.05) is 22.0 Å². The number of fused-ring (bicyclic) bond motifs is 2. The standard InChI is InChI=1S/C15H20BrNO/c1-15-8-7-12(17(15)2)9-13(14(15)18)10-3-5-11(16)6-4-10/h3-6,12-14,18H,7-9H2,1-2H3/t12-,13+,14-,15+/m0/s1. The van der Waals surface area contributed by atoms with Gasteiger partial charge >= 0.3 is 0 Å². The summed E-state index contributed by atoms with van der Waals surface area (Å²) in [5, 5.41) is 10.8. The predicted molar refractivity (Wildman–Crippen MR) is 76.7 cm³/mol. The smallest absolute Gasteiger partial charge is 0.0790 e. The Bertz CT molecular complexity index is 446. The summed E-state index contributed by atoms with van der Waals surface area (Å²) in [6.45, 7) is 2.21. The van der Waals surface area contributed by atoms with Gasteiger partial charge in [0.15, 0.2) is 0 Å². The second-order valence-electron chi connectivity index (χ2n) is 6.00. The van der Waals surface area contributed by atoms with Gasteiger partial charge in [-0.05, 0) is 50.9 Å². The first kappa shape index (κ1) is 12.6. The van der Waals surface area contributed by atoms with Crippen LogP contribution in [0.2, 0.25) is 0 Å². The van der Waals surface area contributed by atoms with Crippen LogP contribution >= 0.6 is 15.9 Å². The Balaban J connectivity index is 1.93. The summed E-state index contributed by atoms with van der Waals surface area (Å²) in [6.07, 6.45) is 3.15. The highest BCUT2D eigenvalue weighted by atomic mass is 79.9. The second-order valence-corrected chi connectivity index (χ2v) is 6.91. The van der Waals surface area contributed by atoms with Crippen molar-refractivity contribution in [2.24, 2.45) is 0 Å². The third-order valence-corrected chi connectivity index (χ3v) is 5.71. The molecule has 0 spiro atoms. The first-order chi connectivity index (χ1) is 8.52. The van der Waals surface area contributed by atoms with Gasteiger partial charge in [0.25, 0.3) is 0 Å². The number of benzene rings is 1. The first-order valence-corrected chi connectivity index (χ1v) is 7.48. The number of aliphatic hydroxyl groups excluding tert-OH is 1. The number of nitrogens with zero attached hydrogens (tertiary/aromatic N) is 1. The summed E-state index contributed by atoms with van der Waals surface area (Å²) in [7, 11) is 2.17. The van der Waals surface area contributed by atoms with Crippen LogP contribution in [0.1, 0.15) is 37.7 Å². The van der Waals surface area contributed by atoms with Gasteiger partial charge in [0.05, 0.1) is 6.10 Å². The number of hydrogen-bond donors (Lipinski definition) is 1. The Morgan fingerprint density at radius 1 is 1.33 bits per heavy atom. The molecule has 2 aliphatic rings. The molecule has 2 nitrogen and oxygen atoms in total. The lowest BCUT2D eigenvalue weighted by molar-refractivity contribution is -0.0474. The summed E-state index contributed by atoms with van der Waals surface area (Å²) >= 11 is 3.47. The van der Waals surface area contributed by atoms with Crippen LogP contribution in [0.15, 0.2) is 28.7 Å². The highest BCUT2D eigenvalue weighted by molar-refractivity contribution is 9.10. The largest absolute Gasteiger partial charge is 0.391 e. The monoisotopic (exact) mass is 309 g/mol. The minimum atomic E-state index is -0.262. The Hall–Kier alpha value is -0.380. The molecule has 0 radical (unpaired) electrons. The molecule has 2 fully saturated rings. The third kappa shape index (κ3) is 1.75. The molecule has 0 saturated carbocycles. The van der Waals surface area contributed by atoms with E-state index < -0.39 is 0 Å². The molecule has 18 heavy (non-hydrogen) atoms. The molecule has 1 aromatic carbocycles. The number of piperidine rings is 1. The predicted octanol–water partition coefficient (Wildman–Crippen LogP) is 3.15. The van der Waals surface area contributed by atoms with Crippen molar-refractivity contribution in [2.45, 2.75) is 49.8 Å². The molecule has 0 aromatic heterocycles. The molecule has 1 N–H and O–H groups in total. The molecule has 2 saturated heterocycles. The van der Waals surface area contributed by atoms with Gasteiger partial charge < -0.3 is 5.11 Å². The average Bonchev–Trinajstić information content (AvgIpc) is 2.56. The van der Waals surface area contributed by atoms with E-state index in [1.165, 1.54) is 12.0 Å². The van der Waals surface area contributed by atoms with E-state index in [1.807, 2.05) is 0 Å². The fourth-order valence-corrected chi connectivity index (χ4v) is 4.03. The highest BCUT2D eigenvalue weighted by Gasteiger charge is 2.53. The molecule has 1 aromatic rings. The maximum atomic E-state index is 10.8. The minimum absolute atomic E-state index is 0.0410. The van der Waals surface area contributed by atoms with Crippen LogP contribution in [-0.4, -0.2) is 34.7 Å². The third-order valence-electron chi connectivity index (χ3n) is 5.18. The molecule has 2 heterocycles. The Morgan fingerprint density at radius 2 is 2.00 bits per heavy atom. The van der Waals surface area contributed by atoms with E-state index in [0.717, 1.165) is 17.3 Å². The Labute approximate surface area is 117 Å². The van der Waals surface area contributed by atoms with Crippen LogP contribution in [0, 0.1) is 0 Å². The SMILES string of the molecule is CN1[C@H]2CC[C@]1(C)[C@@H](O)[C@@H](c1ccc(Br)cc1)C2. The Morgan fingerprint density at radius 3 is 2.67 bits per heavy atom. The second kappa shape index (κ2) is 4.32. The first-order valence-electron chi connectivity index (χ1n) is 6.69. The summed E-state index contributed by atoms with van der Waals surface area (Å²) in [4.78, 5) is 2.40. The molecule has 3 rings (SSSR count). The van der Waals surface area contributed by atoms with Crippen LogP contribution in [0.4, 0.5) is 0 Å². The van der Waals surface area contributed by atoms with Crippen molar-refractivity contribution >= 4 is 15.9 Å². The van der Waals surface area contributed by atoms with Crippen LogP contribution in [-0.2, 0) is 0 Å². The fraction of sp³-hybridized carbons (Fsp3) is 0.600. The normalized spacial score (nSPS) is 40.1. The van der Waals surface area contributed by atoms with E-state index in [1.54, 1.807) is 0 Å². The Kier molecular flexibility index (Phi) is 3.04. The molecule has 2 aliphatic heterocycles. The van der Waals surface area contributed by atoms with E-state index in [4.69, 9.17) is 0 Å². The molecule has 3 heteroatoms. The lowest BCUT2D eigenvalue weighted by Crippen LogP contribution is -2.57. The number of halogens is 1. The molecule has 0 unspecified atom stereocenters. The molecule has 98 valence electrons. The van der Waals surface area contributed by atoms with Crippen molar-refractivity contribution < 1.29 is 5.11 Å². The van der Waals surface area contributed by atoms with E-state index in [0.29, 0.717) is 6.04 Å². The summed E-state index contributed by atoms with van der Waals surface area (Å²) in [5.74, 6) is 0.284. The number of hydrogen-bond acceptors (Lipinski definition) is 2. The lowest BCUT2D eigenvalue weighted by Gasteiger charge is -2.48. The van der Waals surface area contributed by atoms with Crippen molar-refractivity contribution in [3.05, 3.63) is 34.3 Å². The summed E-state index contributed by atoms with van der Waals surface area (Å²) in [6, 6.07) is 9.07. The quantitative estimate of drug-likeness (QED) is 0.861. The molecular weight excluding hydrogens is 290 g/mol. The van der Waals surface area contributed by atoms with Crippen molar-refractivity contribution in [1.82, 2.24) is 4.90 Å². The summed E-state index contributed by atoms with van der Waals surface area (Å²) < 4.78 is 1.10. The zero-order chi connectivity index (χ0) is 12.9. The number of likely N-dealkylation sites (N-methyl/N-ethyl adjacent to an activating group) is 1. The molecule has 0 aliphatic carbocycles. The van der Waals surface area contributed by atoms with E-state index >= 15 is 0 Å². The van der Waals surface area contributed by atoms with Gasteiger partial charge in [-0.3, -0.25) is 4.90 Å². The fourth-order valence-electron chi connectivity index (χ4n) is 3.76. The molecular formula is C15H20BrNO. The summed E-state index contributed by atoms with van der Waals surface area (Å²) in [5.41, 5.74) is 1.23. The van der Waals surface area contributed by atoms with Gasteiger partial charge in [-0.2, -0.15) is 0 Å². The molecule has 4 atom stereocenters. The van der Waals surface area contributed by atoms with Gasteiger partial charge in [0.2, 0.25) is 0 Å². The highest BCUT2D eigenvalue weighted by Crippen LogP contribution is 2.48. The van der Waals surface area contributed by atoms with Crippen molar-refractivity contribution in [3.63, 3.8) is 0 Å². The van der Waals surface area contributed by atoms with Crippen LogP contribution in [0.3, 0.4) is 0 Å². The maximum Gasteiger partial charge on any atom is 0.0790 e. The average molecular weight is 310 g/mol. The number of rotatable bonds is 1. The van der Waals surface area contributed by atoms with Crippen LogP contribution in [0.5, 0.6) is 0 Å². The lowest BCUT2D eigenvalue weighted by atomic mass is 9.76. The van der Waals surface area contributed by atoms with E-state index in [2.05, 4.69) is 59.1 Å². The maximum absolute atomic E-state index is 10.8. The van der Waals surface area contributed by atoms with E-state index in [-0.39, 0.29) is 17.6 Å². The van der Waals surface area contributed by atoms with Crippen molar-refractivity contribution in [3.8, 4) is 0 Å².